The SMILES string of the molecule is Cc1nn(C2CCC(=O)NC2=O)c2ccc(N3CCNCC3)cc12. The molecule has 2 N–H and O–H groups in total. The Labute approximate surface area is 140 Å². The zero-order valence-corrected chi connectivity index (χ0v) is 13.7. The molecule has 7 nitrogen and oxygen atoms in total. The van der Waals surface area contributed by atoms with E-state index in [0.717, 1.165) is 42.8 Å². The molecular weight excluding hydrogens is 306 g/mol. The van der Waals surface area contributed by atoms with Crippen LogP contribution in [0, 0.1) is 6.92 Å². The van der Waals surface area contributed by atoms with Gasteiger partial charge in [-0.3, -0.25) is 19.6 Å². The lowest BCUT2D eigenvalue weighted by atomic mass is 10.1. The molecule has 4 rings (SSSR count). The molecule has 7 heteroatoms. The van der Waals surface area contributed by atoms with Crippen molar-refractivity contribution in [3.63, 3.8) is 0 Å². The smallest absolute Gasteiger partial charge is 0.251 e. The maximum absolute atomic E-state index is 12.2. The van der Waals surface area contributed by atoms with Crippen molar-refractivity contribution in [3.8, 4) is 0 Å². The van der Waals surface area contributed by atoms with E-state index in [1.54, 1.807) is 4.68 Å². The molecule has 2 amide bonds. The number of nitrogens with zero attached hydrogens (tertiary/aromatic N) is 3. The minimum atomic E-state index is -0.413. The van der Waals surface area contributed by atoms with Gasteiger partial charge in [-0.2, -0.15) is 5.10 Å². The Kier molecular flexibility index (Phi) is 3.72. The van der Waals surface area contributed by atoms with E-state index < -0.39 is 6.04 Å². The van der Waals surface area contributed by atoms with Gasteiger partial charge in [0, 0.05) is 43.7 Å². The summed E-state index contributed by atoms with van der Waals surface area (Å²) >= 11 is 0. The Hall–Kier alpha value is -2.41. The number of fused-ring (bicyclic) bond motifs is 1. The van der Waals surface area contributed by atoms with Crippen molar-refractivity contribution in [2.45, 2.75) is 25.8 Å². The zero-order chi connectivity index (χ0) is 16.7. The van der Waals surface area contributed by atoms with Crippen LogP contribution in [-0.2, 0) is 9.59 Å². The predicted molar refractivity (Wildman–Crippen MR) is 91.0 cm³/mol. The first-order valence-electron chi connectivity index (χ1n) is 8.42. The molecule has 0 radical (unpaired) electrons. The van der Waals surface area contributed by atoms with Crippen molar-refractivity contribution >= 4 is 28.4 Å². The maximum Gasteiger partial charge on any atom is 0.251 e. The highest BCUT2D eigenvalue weighted by Gasteiger charge is 2.30. The predicted octanol–water partition coefficient (Wildman–Crippen LogP) is 0.732. The molecule has 2 fully saturated rings. The van der Waals surface area contributed by atoms with Crippen LogP contribution in [0.2, 0.25) is 0 Å². The lowest BCUT2D eigenvalue weighted by molar-refractivity contribution is -0.135. The highest BCUT2D eigenvalue weighted by Crippen LogP contribution is 2.29. The van der Waals surface area contributed by atoms with Crippen molar-refractivity contribution in [1.82, 2.24) is 20.4 Å². The van der Waals surface area contributed by atoms with E-state index >= 15 is 0 Å². The number of hydrogen-bond donors (Lipinski definition) is 2. The second-order valence-corrected chi connectivity index (χ2v) is 6.44. The molecule has 1 unspecified atom stereocenters. The number of aryl methyl sites for hydroxylation is 1. The van der Waals surface area contributed by atoms with Gasteiger partial charge in [-0.25, -0.2) is 0 Å². The van der Waals surface area contributed by atoms with E-state index in [9.17, 15) is 9.59 Å². The zero-order valence-electron chi connectivity index (χ0n) is 13.7. The number of amides is 2. The lowest BCUT2D eigenvalue weighted by Crippen LogP contribution is -2.43. The number of piperidine rings is 1. The number of carbonyl (C=O) groups excluding carboxylic acids is 2. The fourth-order valence-electron chi connectivity index (χ4n) is 3.56. The highest BCUT2D eigenvalue weighted by atomic mass is 16.2. The van der Waals surface area contributed by atoms with Crippen molar-refractivity contribution in [2.75, 3.05) is 31.1 Å². The van der Waals surface area contributed by atoms with E-state index in [1.165, 1.54) is 5.69 Å². The summed E-state index contributed by atoms with van der Waals surface area (Å²) < 4.78 is 1.77. The number of anilines is 1. The van der Waals surface area contributed by atoms with Gasteiger partial charge in [0.15, 0.2) is 0 Å². The molecule has 0 spiro atoms. The summed E-state index contributed by atoms with van der Waals surface area (Å²) in [4.78, 5) is 25.9. The molecule has 1 aromatic heterocycles. The summed E-state index contributed by atoms with van der Waals surface area (Å²) in [6.07, 6.45) is 0.857. The quantitative estimate of drug-likeness (QED) is 0.795. The summed E-state index contributed by atoms with van der Waals surface area (Å²) in [6.45, 7) is 5.93. The van der Waals surface area contributed by atoms with Crippen LogP contribution in [0.25, 0.3) is 10.9 Å². The van der Waals surface area contributed by atoms with Crippen molar-refractivity contribution in [3.05, 3.63) is 23.9 Å². The molecule has 1 atom stereocenters. The molecule has 0 aliphatic carbocycles. The van der Waals surface area contributed by atoms with Gasteiger partial charge in [0.2, 0.25) is 5.91 Å². The number of nitrogens with one attached hydrogen (secondary N) is 2. The largest absolute Gasteiger partial charge is 0.369 e. The first-order valence-corrected chi connectivity index (χ1v) is 8.42. The van der Waals surface area contributed by atoms with Crippen LogP contribution in [0.15, 0.2) is 18.2 Å². The lowest BCUT2D eigenvalue weighted by Gasteiger charge is -2.29. The van der Waals surface area contributed by atoms with Gasteiger partial charge in [0.05, 0.1) is 11.2 Å². The molecule has 2 aliphatic rings. The van der Waals surface area contributed by atoms with Crippen molar-refractivity contribution in [2.24, 2.45) is 0 Å². The van der Waals surface area contributed by atoms with E-state index in [0.29, 0.717) is 12.8 Å². The molecular formula is C17H21N5O2. The monoisotopic (exact) mass is 327 g/mol. The van der Waals surface area contributed by atoms with E-state index in [1.807, 2.05) is 13.0 Å². The van der Waals surface area contributed by atoms with Crippen LogP contribution in [0.3, 0.4) is 0 Å². The first kappa shape index (κ1) is 15.1. The van der Waals surface area contributed by atoms with Crippen LogP contribution in [0.5, 0.6) is 0 Å². The normalized spacial score (nSPS) is 22.0. The summed E-state index contributed by atoms with van der Waals surface area (Å²) in [5, 5.41) is 11.4. The first-order chi connectivity index (χ1) is 11.6. The Morgan fingerprint density at radius 1 is 1.21 bits per heavy atom. The molecule has 2 aliphatic heterocycles. The average Bonchev–Trinajstić information content (AvgIpc) is 2.92. The van der Waals surface area contributed by atoms with Crippen LogP contribution < -0.4 is 15.5 Å². The second-order valence-electron chi connectivity index (χ2n) is 6.44. The number of carbonyl (C=O) groups is 2. The van der Waals surface area contributed by atoms with Crippen LogP contribution >= 0.6 is 0 Å². The minimum Gasteiger partial charge on any atom is -0.369 e. The molecule has 0 bridgehead atoms. The number of hydrogen-bond acceptors (Lipinski definition) is 5. The molecule has 1 aromatic carbocycles. The van der Waals surface area contributed by atoms with Gasteiger partial charge >= 0.3 is 0 Å². The molecule has 3 heterocycles. The minimum absolute atomic E-state index is 0.203. The fraction of sp³-hybridized carbons (Fsp3) is 0.471. The van der Waals surface area contributed by atoms with Gasteiger partial charge in [-0.1, -0.05) is 0 Å². The number of imide groups is 1. The maximum atomic E-state index is 12.2. The standard InChI is InChI=1S/C17H21N5O2/c1-11-13-10-12(21-8-6-18-7-9-21)2-3-14(13)22(20-11)15-4-5-16(23)19-17(15)24/h2-3,10,15,18H,4-9H2,1H3,(H,19,23,24). The topological polar surface area (TPSA) is 79.3 Å². The van der Waals surface area contributed by atoms with Crippen molar-refractivity contribution < 1.29 is 9.59 Å². The van der Waals surface area contributed by atoms with Gasteiger partial charge in [-0.05, 0) is 31.5 Å². The molecule has 2 saturated heterocycles. The van der Waals surface area contributed by atoms with Gasteiger partial charge in [-0.15, -0.1) is 0 Å². The summed E-state index contributed by atoms with van der Waals surface area (Å²) in [6, 6.07) is 5.88. The van der Waals surface area contributed by atoms with E-state index in [-0.39, 0.29) is 11.8 Å². The summed E-state index contributed by atoms with van der Waals surface area (Å²) in [7, 11) is 0. The van der Waals surface area contributed by atoms with Gasteiger partial charge in [0.25, 0.3) is 5.91 Å². The molecule has 24 heavy (non-hydrogen) atoms. The van der Waals surface area contributed by atoms with Gasteiger partial charge < -0.3 is 10.2 Å². The fourth-order valence-corrected chi connectivity index (χ4v) is 3.56. The third kappa shape index (κ3) is 2.54. The molecule has 126 valence electrons. The Morgan fingerprint density at radius 3 is 2.75 bits per heavy atom. The highest BCUT2D eigenvalue weighted by molar-refractivity contribution is 6.00. The molecule has 2 aromatic rings. The number of benzene rings is 1. The Morgan fingerprint density at radius 2 is 2.00 bits per heavy atom. The van der Waals surface area contributed by atoms with Gasteiger partial charge in [0.1, 0.15) is 6.04 Å². The van der Waals surface area contributed by atoms with E-state index in [2.05, 4.69) is 32.8 Å². The van der Waals surface area contributed by atoms with E-state index in [4.69, 9.17) is 0 Å². The van der Waals surface area contributed by atoms with Crippen LogP contribution in [-0.4, -0.2) is 47.8 Å². The average molecular weight is 327 g/mol. The third-order valence-electron chi connectivity index (χ3n) is 4.86. The Bertz CT molecular complexity index is 807. The molecule has 0 saturated carbocycles. The number of piperazine rings is 1. The third-order valence-corrected chi connectivity index (χ3v) is 4.86. The number of aromatic nitrogens is 2. The summed E-state index contributed by atoms with van der Waals surface area (Å²) in [5.41, 5.74) is 3.04. The second kappa shape index (κ2) is 5.90. The number of rotatable bonds is 2. The van der Waals surface area contributed by atoms with Crippen molar-refractivity contribution in [1.29, 1.82) is 0 Å². The van der Waals surface area contributed by atoms with Crippen LogP contribution in [0.1, 0.15) is 24.6 Å². The summed E-state index contributed by atoms with van der Waals surface area (Å²) in [5.74, 6) is -0.466. The Balaban J connectivity index is 1.71. The van der Waals surface area contributed by atoms with Crippen LogP contribution in [0.4, 0.5) is 5.69 Å².